The Kier molecular flexibility index (Phi) is 5.97. The standard InChI is InChI=1S/C24H30O4/c1-5-6-7-8-9-12-24(2,3)16-13-20(25)22-19-15-17(27-4)10-11-18(19)23(26)28-21(22)14-16/h10-11,13-15,25H,5-9,12H2,1-4H3. The molecule has 2 aromatic carbocycles. The van der Waals surface area contributed by atoms with Gasteiger partial charge >= 0.3 is 5.63 Å². The molecular formula is C24H30O4. The molecule has 1 heterocycles. The minimum atomic E-state index is -0.404. The van der Waals surface area contributed by atoms with Crippen molar-refractivity contribution in [2.45, 2.75) is 64.7 Å². The van der Waals surface area contributed by atoms with Crippen LogP contribution in [0.4, 0.5) is 0 Å². The van der Waals surface area contributed by atoms with Crippen molar-refractivity contribution in [2.75, 3.05) is 7.11 Å². The summed E-state index contributed by atoms with van der Waals surface area (Å²) >= 11 is 0. The van der Waals surface area contributed by atoms with Gasteiger partial charge in [0.15, 0.2) is 0 Å². The zero-order valence-electron chi connectivity index (χ0n) is 17.3. The number of unbranched alkanes of at least 4 members (excludes halogenated alkanes) is 4. The molecule has 3 rings (SSSR count). The molecule has 0 fully saturated rings. The van der Waals surface area contributed by atoms with E-state index in [1.165, 1.54) is 25.7 Å². The lowest BCUT2D eigenvalue weighted by molar-refractivity contribution is 0.415. The quantitative estimate of drug-likeness (QED) is 0.282. The number of rotatable bonds is 8. The van der Waals surface area contributed by atoms with Gasteiger partial charge in [0, 0.05) is 5.39 Å². The van der Waals surface area contributed by atoms with Crippen LogP contribution in [0.5, 0.6) is 11.5 Å². The van der Waals surface area contributed by atoms with Crippen LogP contribution in [0.2, 0.25) is 0 Å². The van der Waals surface area contributed by atoms with Gasteiger partial charge in [-0.25, -0.2) is 4.79 Å². The number of fused-ring (bicyclic) bond motifs is 3. The summed E-state index contributed by atoms with van der Waals surface area (Å²) in [5.41, 5.74) is 0.886. The van der Waals surface area contributed by atoms with E-state index in [0.29, 0.717) is 27.5 Å². The lowest BCUT2D eigenvalue weighted by Crippen LogP contribution is -2.17. The van der Waals surface area contributed by atoms with E-state index in [-0.39, 0.29) is 11.2 Å². The van der Waals surface area contributed by atoms with Gasteiger partial charge in [-0.15, -0.1) is 0 Å². The molecule has 0 radical (unpaired) electrons. The summed E-state index contributed by atoms with van der Waals surface area (Å²) in [5.74, 6) is 0.767. The number of phenols is 1. The SMILES string of the molecule is CCCCCCCC(C)(C)c1cc(O)c2c(c1)oc(=O)c1ccc(OC)cc12. The van der Waals surface area contributed by atoms with E-state index in [4.69, 9.17) is 9.15 Å². The molecule has 4 nitrogen and oxygen atoms in total. The zero-order valence-corrected chi connectivity index (χ0v) is 17.3. The molecule has 0 amide bonds. The molecule has 28 heavy (non-hydrogen) atoms. The number of hydrogen-bond acceptors (Lipinski definition) is 4. The monoisotopic (exact) mass is 382 g/mol. The van der Waals surface area contributed by atoms with Crippen molar-refractivity contribution in [3.05, 3.63) is 46.3 Å². The minimum absolute atomic E-state index is 0.111. The Morgan fingerprint density at radius 2 is 1.79 bits per heavy atom. The minimum Gasteiger partial charge on any atom is -0.507 e. The summed E-state index contributed by atoms with van der Waals surface area (Å²) < 4.78 is 10.9. The van der Waals surface area contributed by atoms with Gasteiger partial charge in [0.2, 0.25) is 0 Å². The van der Waals surface area contributed by atoms with Gasteiger partial charge in [0.1, 0.15) is 17.1 Å². The van der Waals surface area contributed by atoms with E-state index < -0.39 is 5.63 Å². The van der Waals surface area contributed by atoms with Crippen LogP contribution in [-0.2, 0) is 5.41 Å². The maximum atomic E-state index is 12.4. The summed E-state index contributed by atoms with van der Waals surface area (Å²) in [5, 5.41) is 12.4. The molecule has 0 unspecified atom stereocenters. The van der Waals surface area contributed by atoms with Crippen LogP contribution >= 0.6 is 0 Å². The predicted molar refractivity (Wildman–Crippen MR) is 115 cm³/mol. The third-order valence-corrected chi connectivity index (χ3v) is 5.69. The van der Waals surface area contributed by atoms with Crippen molar-refractivity contribution in [1.82, 2.24) is 0 Å². The Bertz CT molecular complexity index is 1030. The summed E-state index contributed by atoms with van der Waals surface area (Å²) in [6, 6.07) is 8.88. The molecule has 0 aliphatic carbocycles. The van der Waals surface area contributed by atoms with Gasteiger partial charge in [-0.1, -0.05) is 52.9 Å². The highest BCUT2D eigenvalue weighted by Crippen LogP contribution is 2.38. The lowest BCUT2D eigenvalue weighted by atomic mass is 9.79. The zero-order chi connectivity index (χ0) is 20.3. The summed E-state index contributed by atoms with van der Waals surface area (Å²) in [6.07, 6.45) is 7.16. The first kappa shape index (κ1) is 20.2. The van der Waals surface area contributed by atoms with Gasteiger partial charge in [0.25, 0.3) is 0 Å². The Morgan fingerprint density at radius 1 is 1.04 bits per heavy atom. The first-order valence-electron chi connectivity index (χ1n) is 10.2. The summed E-state index contributed by atoms with van der Waals surface area (Å²) in [7, 11) is 1.58. The molecule has 0 atom stereocenters. The van der Waals surface area contributed by atoms with Gasteiger partial charge in [-0.3, -0.25) is 0 Å². The van der Waals surface area contributed by atoms with Crippen LogP contribution in [0.3, 0.4) is 0 Å². The highest BCUT2D eigenvalue weighted by atomic mass is 16.5. The van der Waals surface area contributed by atoms with E-state index in [2.05, 4.69) is 20.8 Å². The molecule has 0 spiro atoms. The van der Waals surface area contributed by atoms with E-state index in [9.17, 15) is 9.90 Å². The molecule has 1 aromatic heterocycles. The molecule has 3 aromatic rings. The van der Waals surface area contributed by atoms with E-state index in [1.807, 2.05) is 12.1 Å². The largest absolute Gasteiger partial charge is 0.507 e. The van der Waals surface area contributed by atoms with E-state index >= 15 is 0 Å². The fourth-order valence-corrected chi connectivity index (χ4v) is 3.85. The highest BCUT2D eigenvalue weighted by Gasteiger charge is 2.23. The summed E-state index contributed by atoms with van der Waals surface area (Å²) in [6.45, 7) is 6.57. The van der Waals surface area contributed by atoms with Gasteiger partial charge in [-0.2, -0.15) is 0 Å². The van der Waals surface area contributed by atoms with Crippen LogP contribution in [0.15, 0.2) is 39.5 Å². The van der Waals surface area contributed by atoms with Gasteiger partial charge in [0.05, 0.1) is 17.9 Å². The van der Waals surface area contributed by atoms with Crippen molar-refractivity contribution < 1.29 is 14.3 Å². The second kappa shape index (κ2) is 8.26. The molecule has 1 N–H and O–H groups in total. The van der Waals surface area contributed by atoms with Crippen molar-refractivity contribution in [3.8, 4) is 11.5 Å². The van der Waals surface area contributed by atoms with Crippen LogP contribution in [0.1, 0.15) is 64.9 Å². The van der Waals surface area contributed by atoms with E-state index in [0.717, 1.165) is 18.4 Å². The van der Waals surface area contributed by atoms with Crippen molar-refractivity contribution >= 4 is 21.7 Å². The Labute approximate surface area is 166 Å². The molecule has 0 saturated heterocycles. The second-order valence-electron chi connectivity index (χ2n) is 8.22. The smallest absolute Gasteiger partial charge is 0.344 e. The van der Waals surface area contributed by atoms with Crippen molar-refractivity contribution in [3.63, 3.8) is 0 Å². The molecule has 0 aliphatic rings. The lowest BCUT2D eigenvalue weighted by Gasteiger charge is -2.26. The molecule has 0 aliphatic heterocycles. The first-order chi connectivity index (χ1) is 13.4. The second-order valence-corrected chi connectivity index (χ2v) is 8.22. The maximum Gasteiger partial charge on any atom is 0.344 e. The maximum absolute atomic E-state index is 12.4. The third-order valence-electron chi connectivity index (χ3n) is 5.69. The fourth-order valence-electron chi connectivity index (χ4n) is 3.85. The number of benzene rings is 2. The van der Waals surface area contributed by atoms with Crippen LogP contribution in [0.25, 0.3) is 21.7 Å². The predicted octanol–water partition coefficient (Wildman–Crippen LogP) is 6.30. The normalized spacial score (nSPS) is 12.0. The van der Waals surface area contributed by atoms with Crippen LogP contribution < -0.4 is 10.4 Å². The summed E-state index contributed by atoms with van der Waals surface area (Å²) in [4.78, 5) is 12.4. The topological polar surface area (TPSA) is 59.7 Å². The Balaban J connectivity index is 2.03. The number of hydrogen-bond donors (Lipinski definition) is 1. The fraction of sp³-hybridized carbons (Fsp3) is 0.458. The Morgan fingerprint density at radius 3 is 2.50 bits per heavy atom. The van der Waals surface area contributed by atoms with Gasteiger partial charge in [-0.05, 0) is 47.7 Å². The average Bonchev–Trinajstić information content (AvgIpc) is 2.67. The molecule has 150 valence electrons. The van der Waals surface area contributed by atoms with Crippen molar-refractivity contribution in [1.29, 1.82) is 0 Å². The van der Waals surface area contributed by atoms with E-state index in [1.54, 1.807) is 25.3 Å². The third kappa shape index (κ3) is 4.01. The Hall–Kier alpha value is -2.49. The van der Waals surface area contributed by atoms with Crippen LogP contribution in [-0.4, -0.2) is 12.2 Å². The first-order valence-corrected chi connectivity index (χ1v) is 10.2. The molecular weight excluding hydrogens is 352 g/mol. The molecule has 4 heteroatoms. The molecule has 0 saturated carbocycles. The van der Waals surface area contributed by atoms with Crippen LogP contribution in [0, 0.1) is 0 Å². The molecule has 0 bridgehead atoms. The average molecular weight is 383 g/mol. The van der Waals surface area contributed by atoms with Gasteiger partial charge < -0.3 is 14.3 Å². The van der Waals surface area contributed by atoms with Crippen molar-refractivity contribution in [2.24, 2.45) is 0 Å². The number of methoxy groups -OCH3 is 1. The number of phenolic OH excluding ortho intramolecular Hbond substituents is 1. The number of ether oxygens (including phenoxy) is 1. The number of aromatic hydroxyl groups is 1. The highest BCUT2D eigenvalue weighted by molar-refractivity contribution is 6.08.